The van der Waals surface area contributed by atoms with E-state index in [9.17, 15) is 4.79 Å². The summed E-state index contributed by atoms with van der Waals surface area (Å²) in [7, 11) is 0. The Kier molecular flexibility index (Phi) is 7.00. The average Bonchev–Trinajstić information content (AvgIpc) is 2.62. The number of nitriles is 1. The number of carbonyl (C=O) groups is 1. The number of rotatable bonds is 8. The van der Waals surface area contributed by atoms with E-state index in [4.69, 9.17) is 10.4 Å². The van der Waals surface area contributed by atoms with Crippen molar-refractivity contribution < 1.29 is 9.90 Å². The summed E-state index contributed by atoms with van der Waals surface area (Å²) in [5.41, 5.74) is 2.98. The summed E-state index contributed by atoms with van der Waals surface area (Å²) in [4.78, 5) is 12.0. The minimum Gasteiger partial charge on any atom is -0.378 e. The van der Waals surface area contributed by atoms with E-state index in [0.717, 1.165) is 36.1 Å². The van der Waals surface area contributed by atoms with Crippen molar-refractivity contribution in [2.45, 2.75) is 38.2 Å². The molecule has 1 amide bonds. The maximum absolute atomic E-state index is 12.0. The summed E-state index contributed by atoms with van der Waals surface area (Å²) in [5, 5.41) is 20.5. The first-order chi connectivity index (χ1) is 11.7. The molecule has 2 aromatic carbocycles. The molecule has 0 aliphatic carbocycles. The van der Waals surface area contributed by atoms with Gasteiger partial charge in [-0.3, -0.25) is 4.79 Å². The summed E-state index contributed by atoms with van der Waals surface area (Å²) in [5.74, 6) is -0.0129. The van der Waals surface area contributed by atoms with Gasteiger partial charge in [0.05, 0.1) is 6.07 Å². The number of aliphatic hydroxyl groups excluding tert-OH is 1. The lowest BCUT2D eigenvalue weighted by Crippen LogP contribution is -2.11. The Morgan fingerprint density at radius 1 is 1.04 bits per heavy atom. The molecule has 0 bridgehead atoms. The van der Waals surface area contributed by atoms with E-state index >= 15 is 0 Å². The number of aliphatic hydroxyl groups is 1. The van der Waals surface area contributed by atoms with Crippen LogP contribution < -0.4 is 5.32 Å². The van der Waals surface area contributed by atoms with Crippen LogP contribution in [0, 0.1) is 11.3 Å². The van der Waals surface area contributed by atoms with E-state index in [1.54, 1.807) is 6.07 Å². The number of carbonyl (C=O) groups excluding carboxylic acids is 1. The third-order valence-corrected chi connectivity index (χ3v) is 3.78. The highest BCUT2D eigenvalue weighted by atomic mass is 16.3. The van der Waals surface area contributed by atoms with Gasteiger partial charge in [0.25, 0.3) is 0 Å². The van der Waals surface area contributed by atoms with Crippen LogP contribution in [0.1, 0.15) is 32.1 Å². The molecule has 0 heterocycles. The predicted molar refractivity (Wildman–Crippen MR) is 95.2 cm³/mol. The lowest BCUT2D eigenvalue weighted by Gasteiger charge is -2.08. The molecular weight excluding hydrogens is 300 g/mol. The second kappa shape index (κ2) is 9.49. The van der Waals surface area contributed by atoms with Crippen LogP contribution in [0.15, 0.2) is 54.6 Å². The third kappa shape index (κ3) is 5.86. The summed E-state index contributed by atoms with van der Waals surface area (Å²) < 4.78 is 0. The van der Waals surface area contributed by atoms with Crippen LogP contribution >= 0.6 is 0 Å². The van der Waals surface area contributed by atoms with E-state index in [1.807, 2.05) is 54.6 Å². The molecule has 0 aliphatic rings. The van der Waals surface area contributed by atoms with Crippen LogP contribution in [0.5, 0.6) is 0 Å². The lowest BCUT2D eigenvalue weighted by molar-refractivity contribution is -0.116. The quantitative estimate of drug-likeness (QED) is 0.567. The molecule has 0 radical (unpaired) electrons. The monoisotopic (exact) mass is 322 g/mol. The molecule has 0 fully saturated rings. The zero-order valence-electron chi connectivity index (χ0n) is 13.6. The van der Waals surface area contributed by atoms with Gasteiger partial charge in [0.15, 0.2) is 0 Å². The van der Waals surface area contributed by atoms with Gasteiger partial charge in [-0.2, -0.15) is 5.26 Å². The molecule has 2 N–H and O–H groups in total. The van der Waals surface area contributed by atoms with Crippen LogP contribution in [-0.2, 0) is 4.79 Å². The number of anilines is 1. The van der Waals surface area contributed by atoms with Crippen molar-refractivity contribution in [1.29, 1.82) is 5.26 Å². The maximum Gasteiger partial charge on any atom is 0.224 e. The standard InChI is InChI=1S/C20H22N2O2/c21-15-19(23)12-5-2-6-13-20(24)22-18-11-7-10-17(14-18)16-8-3-1-4-9-16/h1,3-4,7-11,14,19,23H,2,5-6,12-13H2,(H,22,24). The van der Waals surface area contributed by atoms with Gasteiger partial charge in [0.1, 0.15) is 6.10 Å². The molecule has 0 aromatic heterocycles. The normalized spacial score (nSPS) is 11.5. The molecule has 0 spiro atoms. The van der Waals surface area contributed by atoms with Gasteiger partial charge in [0, 0.05) is 12.1 Å². The summed E-state index contributed by atoms with van der Waals surface area (Å²) in [6.45, 7) is 0. The van der Waals surface area contributed by atoms with Crippen molar-refractivity contribution in [2.24, 2.45) is 0 Å². The number of benzene rings is 2. The molecule has 4 heteroatoms. The van der Waals surface area contributed by atoms with Gasteiger partial charge in [-0.15, -0.1) is 0 Å². The Morgan fingerprint density at radius 3 is 2.54 bits per heavy atom. The van der Waals surface area contributed by atoms with Gasteiger partial charge in [-0.05, 0) is 42.5 Å². The van der Waals surface area contributed by atoms with Crippen LogP contribution in [0.25, 0.3) is 11.1 Å². The fourth-order valence-electron chi connectivity index (χ4n) is 2.50. The largest absolute Gasteiger partial charge is 0.378 e. The Hall–Kier alpha value is -2.64. The van der Waals surface area contributed by atoms with E-state index in [-0.39, 0.29) is 5.91 Å². The van der Waals surface area contributed by atoms with Gasteiger partial charge >= 0.3 is 0 Å². The third-order valence-electron chi connectivity index (χ3n) is 3.78. The highest BCUT2D eigenvalue weighted by Crippen LogP contribution is 2.22. The zero-order chi connectivity index (χ0) is 17.2. The maximum atomic E-state index is 12.0. The Labute approximate surface area is 142 Å². The molecular formula is C20H22N2O2. The van der Waals surface area contributed by atoms with Crippen molar-refractivity contribution in [3.05, 3.63) is 54.6 Å². The molecule has 4 nitrogen and oxygen atoms in total. The minimum atomic E-state index is -0.889. The van der Waals surface area contributed by atoms with Crippen LogP contribution in [0.3, 0.4) is 0 Å². The van der Waals surface area contributed by atoms with Crippen LogP contribution in [-0.4, -0.2) is 17.1 Å². The molecule has 1 atom stereocenters. The average molecular weight is 322 g/mol. The highest BCUT2D eigenvalue weighted by molar-refractivity contribution is 5.91. The smallest absolute Gasteiger partial charge is 0.224 e. The van der Waals surface area contributed by atoms with E-state index in [0.29, 0.717) is 12.8 Å². The van der Waals surface area contributed by atoms with Crippen molar-refractivity contribution in [3.63, 3.8) is 0 Å². The van der Waals surface area contributed by atoms with Crippen molar-refractivity contribution in [3.8, 4) is 17.2 Å². The van der Waals surface area contributed by atoms with Crippen LogP contribution in [0.4, 0.5) is 5.69 Å². The Balaban J connectivity index is 1.79. The van der Waals surface area contributed by atoms with Gasteiger partial charge in [-0.1, -0.05) is 48.9 Å². The zero-order valence-corrected chi connectivity index (χ0v) is 13.6. The summed E-state index contributed by atoms with van der Waals surface area (Å²) in [6.07, 6.45) is 2.36. The van der Waals surface area contributed by atoms with E-state index in [2.05, 4.69) is 5.32 Å². The fourth-order valence-corrected chi connectivity index (χ4v) is 2.50. The number of amides is 1. The topological polar surface area (TPSA) is 73.1 Å². The van der Waals surface area contributed by atoms with Crippen molar-refractivity contribution >= 4 is 11.6 Å². The number of nitrogens with one attached hydrogen (secondary N) is 1. The van der Waals surface area contributed by atoms with Crippen LogP contribution in [0.2, 0.25) is 0 Å². The molecule has 24 heavy (non-hydrogen) atoms. The summed E-state index contributed by atoms with van der Waals surface area (Å²) >= 11 is 0. The highest BCUT2D eigenvalue weighted by Gasteiger charge is 2.05. The minimum absolute atomic E-state index is 0.0129. The first-order valence-electron chi connectivity index (χ1n) is 8.22. The van der Waals surface area contributed by atoms with Gasteiger partial charge < -0.3 is 10.4 Å². The molecule has 0 saturated carbocycles. The van der Waals surface area contributed by atoms with Crippen molar-refractivity contribution in [1.82, 2.24) is 0 Å². The molecule has 0 aliphatic heterocycles. The van der Waals surface area contributed by atoms with Gasteiger partial charge in [0.2, 0.25) is 5.91 Å². The van der Waals surface area contributed by atoms with Gasteiger partial charge in [-0.25, -0.2) is 0 Å². The predicted octanol–water partition coefficient (Wildman–Crippen LogP) is 4.13. The van der Waals surface area contributed by atoms with E-state index < -0.39 is 6.10 Å². The summed E-state index contributed by atoms with van der Waals surface area (Å²) in [6, 6.07) is 19.6. The number of unbranched alkanes of at least 4 members (excludes halogenated alkanes) is 2. The number of hydrogen-bond acceptors (Lipinski definition) is 3. The molecule has 124 valence electrons. The number of nitrogens with zero attached hydrogens (tertiary/aromatic N) is 1. The second-order valence-corrected chi connectivity index (χ2v) is 5.74. The lowest BCUT2D eigenvalue weighted by atomic mass is 10.1. The Bertz CT molecular complexity index is 692. The van der Waals surface area contributed by atoms with Crippen molar-refractivity contribution in [2.75, 3.05) is 5.32 Å². The first kappa shape index (κ1) is 17.7. The fraction of sp³-hybridized carbons (Fsp3) is 0.300. The SMILES string of the molecule is N#CC(O)CCCCCC(=O)Nc1cccc(-c2ccccc2)c1. The Morgan fingerprint density at radius 2 is 1.79 bits per heavy atom. The molecule has 2 aromatic rings. The number of hydrogen-bond donors (Lipinski definition) is 2. The molecule has 2 rings (SSSR count). The second-order valence-electron chi connectivity index (χ2n) is 5.74. The first-order valence-corrected chi connectivity index (χ1v) is 8.22. The molecule has 0 saturated heterocycles. The van der Waals surface area contributed by atoms with E-state index in [1.165, 1.54) is 0 Å². The molecule has 1 unspecified atom stereocenters.